The third-order valence-electron chi connectivity index (χ3n) is 6.87. The summed E-state index contributed by atoms with van der Waals surface area (Å²) >= 11 is 0. The van der Waals surface area contributed by atoms with Crippen LogP contribution in [0.2, 0.25) is 0 Å². The van der Waals surface area contributed by atoms with Crippen molar-refractivity contribution in [3.63, 3.8) is 0 Å². The number of aliphatic hydroxyl groups is 2. The summed E-state index contributed by atoms with van der Waals surface area (Å²) < 4.78 is 30.8. The average Bonchev–Trinajstić information content (AvgIpc) is 3.00. The third-order valence-corrected chi connectivity index (χ3v) is 6.87. The molecule has 1 heterocycles. The van der Waals surface area contributed by atoms with Crippen LogP contribution in [0.4, 0.5) is 0 Å². The topological polar surface area (TPSA) is 49.7 Å². The first-order valence-electron chi connectivity index (χ1n) is 13.6. The Morgan fingerprint density at radius 3 is 1.38 bits per heavy atom. The molecule has 0 spiro atoms. The highest BCUT2D eigenvalue weighted by Gasteiger charge is 2.47. The van der Waals surface area contributed by atoms with Gasteiger partial charge in [-0.1, -0.05) is 121 Å². The van der Waals surface area contributed by atoms with Gasteiger partial charge in [0.05, 0.1) is 26.4 Å². The maximum absolute atomic E-state index is 6.60. The minimum Gasteiger partial charge on any atom is -0.426 e. The van der Waals surface area contributed by atoms with Gasteiger partial charge in [0.25, 0.3) is 0 Å². The van der Waals surface area contributed by atoms with E-state index in [2.05, 4.69) is 48.5 Å². The Labute approximate surface area is 231 Å². The van der Waals surface area contributed by atoms with E-state index < -0.39 is 0 Å². The predicted molar refractivity (Wildman–Crippen MR) is 152 cm³/mol. The van der Waals surface area contributed by atoms with Gasteiger partial charge in [0.2, 0.25) is 6.10 Å². The number of rotatable bonds is 13. The summed E-state index contributed by atoms with van der Waals surface area (Å²) in [6.07, 6.45) is -1.03. The Bertz CT molecular complexity index is 1200. The monoisotopic (exact) mass is 525 g/mol. The fourth-order valence-electron chi connectivity index (χ4n) is 4.76. The van der Waals surface area contributed by atoms with Crippen LogP contribution in [0.5, 0.6) is 0 Å². The average molecular weight is 526 g/mol. The molecule has 0 amide bonds. The van der Waals surface area contributed by atoms with Crippen LogP contribution >= 0.6 is 0 Å². The van der Waals surface area contributed by atoms with Gasteiger partial charge in [-0.2, -0.15) is 0 Å². The summed E-state index contributed by atoms with van der Waals surface area (Å²) in [7, 11) is 0. The van der Waals surface area contributed by atoms with Gasteiger partial charge in [-0.05, 0) is 22.3 Å². The zero-order chi connectivity index (χ0) is 26.5. The third kappa shape index (κ3) is 8.33. The molecule has 202 valence electrons. The molecule has 5 rings (SSSR count). The Balaban J connectivity index is 1.32. The van der Waals surface area contributed by atoms with E-state index in [1.165, 1.54) is 0 Å². The summed E-state index contributed by atoms with van der Waals surface area (Å²) in [6, 6.07) is 40.9. The maximum Gasteiger partial charge on any atom is 0.207 e. The van der Waals surface area contributed by atoms with Crippen molar-refractivity contribution in [3.05, 3.63) is 144 Å². The van der Waals surface area contributed by atoms with Crippen LogP contribution in [0.1, 0.15) is 22.3 Å². The van der Waals surface area contributed by atoms with Crippen molar-refractivity contribution in [2.75, 3.05) is 13.2 Å². The minimum atomic E-state index is -0.320. The lowest BCUT2D eigenvalue weighted by atomic mass is 9.99. The molecule has 0 saturated carbocycles. The van der Waals surface area contributed by atoms with Crippen LogP contribution in [0, 0.1) is 0 Å². The molecule has 5 nitrogen and oxygen atoms in total. The first-order chi connectivity index (χ1) is 19.3. The molecule has 4 aromatic carbocycles. The Morgan fingerprint density at radius 2 is 0.897 bits per heavy atom. The first kappa shape index (κ1) is 27.3. The van der Waals surface area contributed by atoms with Gasteiger partial charge in [0, 0.05) is 0 Å². The van der Waals surface area contributed by atoms with Crippen LogP contribution in [0.25, 0.3) is 0 Å². The lowest BCUT2D eigenvalue weighted by Gasteiger charge is -2.39. The quantitative estimate of drug-likeness (QED) is 0.205. The molecule has 0 aromatic heterocycles. The molecule has 1 fully saturated rings. The molecule has 1 aliphatic rings. The summed E-state index contributed by atoms with van der Waals surface area (Å²) in [5.74, 6) is 0. The van der Waals surface area contributed by atoms with Gasteiger partial charge in [-0.25, -0.2) is 0 Å². The molecular weight excluding hydrogens is 488 g/mol. The highest BCUT2D eigenvalue weighted by atomic mass is 16.6. The second-order valence-electron chi connectivity index (χ2n) is 9.79. The van der Waals surface area contributed by atoms with Gasteiger partial charge >= 0.3 is 0 Å². The molecular formula is C34H37O5+. The van der Waals surface area contributed by atoms with Crippen molar-refractivity contribution in [2.24, 2.45) is 0 Å². The van der Waals surface area contributed by atoms with E-state index in [-0.39, 0.29) is 24.4 Å². The van der Waals surface area contributed by atoms with Gasteiger partial charge in [0.1, 0.15) is 12.7 Å². The normalized spacial score (nSPS) is 21.0. The number of hydrogen-bond donors (Lipinski definition) is 0. The van der Waals surface area contributed by atoms with E-state index in [1.807, 2.05) is 72.8 Å². The fraction of sp³-hybridized carbons (Fsp3) is 0.294. The van der Waals surface area contributed by atoms with E-state index in [0.717, 1.165) is 22.3 Å². The Morgan fingerprint density at radius 1 is 0.487 bits per heavy atom. The molecule has 1 aliphatic heterocycles. The van der Waals surface area contributed by atoms with Gasteiger partial charge in [0.15, 0.2) is 18.8 Å². The van der Waals surface area contributed by atoms with Crippen LogP contribution < -0.4 is 0 Å². The van der Waals surface area contributed by atoms with Crippen molar-refractivity contribution in [3.8, 4) is 0 Å². The molecule has 0 bridgehead atoms. The number of hydrogen-bond acceptors (Lipinski definition) is 4. The highest BCUT2D eigenvalue weighted by molar-refractivity contribution is 5.16. The Hall–Kier alpha value is -3.32. The lowest BCUT2D eigenvalue weighted by Crippen LogP contribution is -2.58. The van der Waals surface area contributed by atoms with Crippen molar-refractivity contribution in [1.29, 1.82) is 0 Å². The van der Waals surface area contributed by atoms with Crippen LogP contribution in [-0.2, 0) is 45.4 Å². The Kier molecular flexibility index (Phi) is 10.3. The smallest absolute Gasteiger partial charge is 0.207 e. The van der Waals surface area contributed by atoms with Gasteiger partial charge in [-0.15, -0.1) is 0 Å². The molecule has 2 unspecified atom stereocenters. The summed E-state index contributed by atoms with van der Waals surface area (Å²) in [4.78, 5) is 0. The number of ether oxygens (including phenoxy) is 5. The molecule has 5 heteroatoms. The summed E-state index contributed by atoms with van der Waals surface area (Å²) in [5.41, 5.74) is 4.47. The summed E-state index contributed by atoms with van der Waals surface area (Å²) in [6.45, 7) is 2.93. The van der Waals surface area contributed by atoms with E-state index >= 15 is 0 Å². The molecule has 1 saturated heterocycles. The zero-order valence-corrected chi connectivity index (χ0v) is 22.2. The molecule has 0 aliphatic carbocycles. The van der Waals surface area contributed by atoms with Gasteiger partial charge in [-0.3, -0.25) is 0 Å². The molecule has 4 atom stereocenters. The number of benzene rings is 4. The van der Waals surface area contributed by atoms with Crippen molar-refractivity contribution >= 4 is 0 Å². The minimum absolute atomic E-state index is 0.172. The first-order valence-corrected chi connectivity index (χ1v) is 13.6. The van der Waals surface area contributed by atoms with Crippen molar-refractivity contribution in [2.45, 2.75) is 50.8 Å². The highest BCUT2D eigenvalue weighted by Crippen LogP contribution is 2.26. The fourth-order valence-corrected chi connectivity index (χ4v) is 4.76. The van der Waals surface area contributed by atoms with E-state index in [4.69, 9.17) is 23.7 Å². The molecule has 0 radical (unpaired) electrons. The standard InChI is InChI=1S/C34H36O5/c1-5-13-27(14-6-1)21-35-25-31-33(38-23-29-17-9-3-10-18-29)34(39-24-30-19-11-4-12-20-30)32(26-37-31)36-22-28-15-7-2-8-16-28/h1-20,31-34H,21-26H2/p+1/t31?,32?,33-,34-/m1/s1. The molecule has 1 N–H and O–H groups in total. The lowest BCUT2D eigenvalue weighted by molar-refractivity contribution is -0.297. The van der Waals surface area contributed by atoms with Crippen LogP contribution in [-0.4, -0.2) is 42.4 Å². The second-order valence-corrected chi connectivity index (χ2v) is 9.79. The van der Waals surface area contributed by atoms with E-state index in [1.54, 1.807) is 0 Å². The van der Waals surface area contributed by atoms with E-state index in [0.29, 0.717) is 39.6 Å². The SMILES string of the molecule is c1ccc(COCC2[OH+]CC(OCc3ccccc3)[C@@H](OCc3ccccc3)[C@@H]2OCc2ccccc2)cc1. The van der Waals surface area contributed by atoms with Crippen molar-refractivity contribution < 1.29 is 23.7 Å². The van der Waals surface area contributed by atoms with Crippen LogP contribution in [0.15, 0.2) is 121 Å². The van der Waals surface area contributed by atoms with Gasteiger partial charge < -0.3 is 23.7 Å². The van der Waals surface area contributed by atoms with Crippen LogP contribution in [0.3, 0.4) is 0 Å². The largest absolute Gasteiger partial charge is 0.426 e. The molecule has 4 aromatic rings. The molecule has 39 heavy (non-hydrogen) atoms. The van der Waals surface area contributed by atoms with Crippen molar-refractivity contribution in [1.82, 2.24) is 0 Å². The van der Waals surface area contributed by atoms with E-state index in [9.17, 15) is 0 Å². The summed E-state index contributed by atoms with van der Waals surface area (Å²) in [5, 5.41) is 0. The zero-order valence-electron chi connectivity index (χ0n) is 22.2. The predicted octanol–water partition coefficient (Wildman–Crippen LogP) is 5.87. The maximum atomic E-state index is 6.60. The second kappa shape index (κ2) is 14.7.